The molecule has 0 fully saturated rings. The Kier molecular flexibility index (Phi) is 2.91. The van der Waals surface area contributed by atoms with Crippen molar-refractivity contribution in [3.8, 4) is 28.4 Å². The minimum Gasteiger partial charge on any atom is -0.497 e. The van der Waals surface area contributed by atoms with Gasteiger partial charge in [-0.3, -0.25) is 4.79 Å². The second-order valence-corrected chi connectivity index (χ2v) is 6.12. The van der Waals surface area contributed by atoms with Gasteiger partial charge in [-0.25, -0.2) is 0 Å². The van der Waals surface area contributed by atoms with Gasteiger partial charge in [0.1, 0.15) is 5.75 Å². The van der Waals surface area contributed by atoms with E-state index < -0.39 is 0 Å². The summed E-state index contributed by atoms with van der Waals surface area (Å²) in [5.74, 6) is 2.22. The first-order chi connectivity index (χ1) is 12.2. The summed E-state index contributed by atoms with van der Waals surface area (Å²) >= 11 is 0. The van der Waals surface area contributed by atoms with Crippen LogP contribution in [0.4, 0.5) is 0 Å². The van der Waals surface area contributed by atoms with E-state index in [-0.39, 0.29) is 12.7 Å². The summed E-state index contributed by atoms with van der Waals surface area (Å²) in [7, 11) is 1.65. The number of ether oxygens (including phenoxy) is 3. The number of benzene rings is 3. The van der Waals surface area contributed by atoms with Gasteiger partial charge in [0.2, 0.25) is 6.79 Å². The van der Waals surface area contributed by atoms with Gasteiger partial charge in [0, 0.05) is 12.1 Å². The van der Waals surface area contributed by atoms with Crippen LogP contribution in [0.3, 0.4) is 0 Å². The van der Waals surface area contributed by atoms with Crippen LogP contribution >= 0.6 is 0 Å². The van der Waals surface area contributed by atoms with Gasteiger partial charge >= 0.3 is 0 Å². The Morgan fingerprint density at radius 2 is 1.92 bits per heavy atom. The van der Waals surface area contributed by atoms with Crippen molar-refractivity contribution in [2.45, 2.75) is 6.54 Å². The largest absolute Gasteiger partial charge is 0.497 e. The van der Waals surface area contributed by atoms with Gasteiger partial charge in [-0.05, 0) is 57.8 Å². The van der Waals surface area contributed by atoms with E-state index >= 15 is 0 Å². The number of methoxy groups -OCH3 is 1. The monoisotopic (exact) mass is 333 g/mol. The van der Waals surface area contributed by atoms with Crippen molar-refractivity contribution in [3.63, 3.8) is 0 Å². The molecule has 3 aromatic rings. The SMILES string of the molecule is COc1ccc2cc3c(c(-c4ccc5c(c4)OCO5)c2c1)CNC3=O. The molecule has 5 rings (SSSR count). The molecule has 0 atom stereocenters. The molecule has 0 spiro atoms. The molecule has 0 radical (unpaired) electrons. The van der Waals surface area contributed by atoms with Crippen molar-refractivity contribution in [2.75, 3.05) is 13.9 Å². The third-order valence-electron chi connectivity index (χ3n) is 4.79. The van der Waals surface area contributed by atoms with Crippen LogP contribution in [0.25, 0.3) is 21.9 Å². The smallest absolute Gasteiger partial charge is 0.251 e. The van der Waals surface area contributed by atoms with Gasteiger partial charge in [0.15, 0.2) is 11.5 Å². The fourth-order valence-corrected chi connectivity index (χ4v) is 3.58. The summed E-state index contributed by atoms with van der Waals surface area (Å²) in [6.45, 7) is 0.755. The molecule has 124 valence electrons. The standard InChI is InChI=1S/C20H15NO4/c1-23-13-4-2-11-6-15-16(9-21-20(15)22)19(14(11)8-13)12-3-5-17-18(7-12)25-10-24-17/h2-8H,9-10H2,1H3,(H,21,22). The van der Waals surface area contributed by atoms with Crippen molar-refractivity contribution < 1.29 is 19.0 Å². The summed E-state index contributed by atoms with van der Waals surface area (Å²) in [6.07, 6.45) is 0. The molecule has 2 heterocycles. The van der Waals surface area contributed by atoms with Gasteiger partial charge in [0.25, 0.3) is 5.91 Å². The Hall–Kier alpha value is -3.21. The van der Waals surface area contributed by atoms with Gasteiger partial charge in [-0.2, -0.15) is 0 Å². The molecular weight excluding hydrogens is 318 g/mol. The Morgan fingerprint density at radius 3 is 2.80 bits per heavy atom. The zero-order valence-electron chi connectivity index (χ0n) is 13.6. The maximum absolute atomic E-state index is 12.2. The van der Waals surface area contributed by atoms with Gasteiger partial charge in [-0.1, -0.05) is 12.1 Å². The second kappa shape index (κ2) is 5.14. The van der Waals surface area contributed by atoms with Crippen LogP contribution in [-0.2, 0) is 6.54 Å². The summed E-state index contributed by atoms with van der Waals surface area (Å²) < 4.78 is 16.3. The van der Waals surface area contributed by atoms with E-state index in [2.05, 4.69) is 5.32 Å². The Morgan fingerprint density at radius 1 is 1.04 bits per heavy atom. The lowest BCUT2D eigenvalue weighted by molar-refractivity contribution is 0.0966. The van der Waals surface area contributed by atoms with E-state index in [1.54, 1.807) is 7.11 Å². The van der Waals surface area contributed by atoms with Crippen molar-refractivity contribution in [1.82, 2.24) is 5.32 Å². The van der Waals surface area contributed by atoms with E-state index in [4.69, 9.17) is 14.2 Å². The average Bonchev–Trinajstić information content (AvgIpc) is 3.25. The molecule has 3 aromatic carbocycles. The topological polar surface area (TPSA) is 56.8 Å². The molecule has 0 unspecified atom stereocenters. The molecule has 5 heteroatoms. The minimum absolute atomic E-state index is 0.0327. The zero-order chi connectivity index (χ0) is 17.0. The van der Waals surface area contributed by atoms with Crippen LogP contribution in [0.2, 0.25) is 0 Å². The van der Waals surface area contributed by atoms with Crippen molar-refractivity contribution in [3.05, 3.63) is 53.6 Å². The summed E-state index contributed by atoms with van der Waals surface area (Å²) in [5.41, 5.74) is 3.76. The highest BCUT2D eigenvalue weighted by atomic mass is 16.7. The normalized spacial score (nSPS) is 14.5. The number of carbonyl (C=O) groups is 1. The third kappa shape index (κ3) is 2.05. The van der Waals surface area contributed by atoms with Crippen LogP contribution < -0.4 is 19.5 Å². The second-order valence-electron chi connectivity index (χ2n) is 6.12. The highest BCUT2D eigenvalue weighted by Crippen LogP contribution is 2.42. The molecule has 0 aromatic heterocycles. The maximum atomic E-state index is 12.2. The third-order valence-corrected chi connectivity index (χ3v) is 4.79. The number of hydrogen-bond acceptors (Lipinski definition) is 4. The Labute approximate surface area is 144 Å². The number of fused-ring (bicyclic) bond motifs is 3. The van der Waals surface area contributed by atoms with Crippen LogP contribution in [0.5, 0.6) is 17.2 Å². The van der Waals surface area contributed by atoms with Crippen molar-refractivity contribution in [2.24, 2.45) is 0 Å². The van der Waals surface area contributed by atoms with Crippen molar-refractivity contribution in [1.29, 1.82) is 0 Å². The van der Waals surface area contributed by atoms with Gasteiger partial charge in [-0.15, -0.1) is 0 Å². The van der Waals surface area contributed by atoms with Crippen LogP contribution in [-0.4, -0.2) is 19.8 Å². The highest BCUT2D eigenvalue weighted by Gasteiger charge is 2.26. The highest BCUT2D eigenvalue weighted by molar-refractivity contribution is 6.09. The first-order valence-electron chi connectivity index (χ1n) is 8.06. The number of carbonyl (C=O) groups excluding carboxylic acids is 1. The number of amides is 1. The fourth-order valence-electron chi connectivity index (χ4n) is 3.58. The Bertz CT molecular complexity index is 1040. The van der Waals surface area contributed by atoms with E-state index in [1.807, 2.05) is 42.5 Å². The van der Waals surface area contributed by atoms with E-state index in [9.17, 15) is 4.79 Å². The number of nitrogens with one attached hydrogen (secondary N) is 1. The molecule has 1 N–H and O–H groups in total. The predicted molar refractivity (Wildman–Crippen MR) is 93.2 cm³/mol. The van der Waals surface area contributed by atoms with E-state index in [0.717, 1.165) is 50.3 Å². The molecule has 1 amide bonds. The van der Waals surface area contributed by atoms with Gasteiger partial charge < -0.3 is 19.5 Å². The molecule has 5 nitrogen and oxygen atoms in total. The maximum Gasteiger partial charge on any atom is 0.251 e. The molecule has 0 bridgehead atoms. The molecule has 25 heavy (non-hydrogen) atoms. The number of hydrogen-bond donors (Lipinski definition) is 1. The summed E-state index contributed by atoms with van der Waals surface area (Å²) in [4.78, 5) is 12.2. The zero-order valence-corrected chi connectivity index (χ0v) is 13.6. The summed E-state index contributed by atoms with van der Waals surface area (Å²) in [5, 5.41) is 4.98. The average molecular weight is 333 g/mol. The molecule has 2 aliphatic heterocycles. The summed E-state index contributed by atoms with van der Waals surface area (Å²) in [6, 6.07) is 13.7. The molecular formula is C20H15NO4. The first kappa shape index (κ1) is 14.2. The van der Waals surface area contributed by atoms with Gasteiger partial charge in [0.05, 0.1) is 7.11 Å². The first-order valence-corrected chi connectivity index (χ1v) is 8.06. The predicted octanol–water partition coefficient (Wildman–Crippen LogP) is 3.49. The molecule has 2 aliphatic rings. The van der Waals surface area contributed by atoms with E-state index in [1.165, 1.54) is 0 Å². The molecule has 0 saturated carbocycles. The van der Waals surface area contributed by atoms with Crippen molar-refractivity contribution >= 4 is 16.7 Å². The lowest BCUT2D eigenvalue weighted by atomic mass is 9.90. The van der Waals surface area contributed by atoms with Crippen LogP contribution in [0.1, 0.15) is 15.9 Å². The quantitative estimate of drug-likeness (QED) is 0.780. The van der Waals surface area contributed by atoms with Crippen LogP contribution in [0, 0.1) is 0 Å². The lowest BCUT2D eigenvalue weighted by Crippen LogP contribution is -2.12. The molecule has 0 aliphatic carbocycles. The minimum atomic E-state index is -0.0327. The molecule has 0 saturated heterocycles. The Balaban J connectivity index is 1.84. The number of rotatable bonds is 2. The van der Waals surface area contributed by atoms with Crippen LogP contribution in [0.15, 0.2) is 42.5 Å². The lowest BCUT2D eigenvalue weighted by Gasteiger charge is -2.14. The van der Waals surface area contributed by atoms with E-state index in [0.29, 0.717) is 6.54 Å². The fraction of sp³-hybridized carbons (Fsp3) is 0.150.